The number of thiophene rings is 1. The van der Waals surface area contributed by atoms with Gasteiger partial charge in [0.1, 0.15) is 11.5 Å². The average Bonchev–Trinajstić information content (AvgIpc) is 3.11. The molecule has 0 aliphatic heterocycles. The summed E-state index contributed by atoms with van der Waals surface area (Å²) >= 11 is 16.8. The minimum absolute atomic E-state index is 0.329. The number of sulfonamides is 1. The molecule has 1 heterocycles. The van der Waals surface area contributed by atoms with Crippen molar-refractivity contribution in [3.05, 3.63) is 80.1 Å². The number of halogens is 3. The minimum atomic E-state index is -3.44. The third-order valence-corrected chi connectivity index (χ3v) is 7.12. The van der Waals surface area contributed by atoms with E-state index in [-0.39, 0.29) is 5.91 Å². The van der Waals surface area contributed by atoms with Crippen molar-refractivity contribution in [2.75, 3.05) is 16.3 Å². The van der Waals surface area contributed by atoms with E-state index in [1.54, 1.807) is 60.7 Å². The number of carbonyl (C=O) groups is 1. The van der Waals surface area contributed by atoms with Crippen LogP contribution in [-0.4, -0.2) is 20.6 Å². The maximum atomic E-state index is 12.9. The number of hydrogen-bond acceptors (Lipinski definition) is 5. The van der Waals surface area contributed by atoms with Crippen molar-refractivity contribution in [3.8, 4) is 11.5 Å². The third-order valence-electron chi connectivity index (χ3n) is 4.30. The lowest BCUT2D eigenvalue weighted by molar-refractivity contribution is 0.103. The first-order valence-electron chi connectivity index (χ1n) is 9.32. The van der Waals surface area contributed by atoms with Gasteiger partial charge in [-0.3, -0.25) is 9.52 Å². The highest BCUT2D eigenvalue weighted by molar-refractivity contribution is 9.10. The Hall–Kier alpha value is -2.30. The van der Waals surface area contributed by atoms with Gasteiger partial charge in [0.15, 0.2) is 0 Å². The van der Waals surface area contributed by atoms with Crippen molar-refractivity contribution in [2.45, 2.75) is 0 Å². The van der Waals surface area contributed by atoms with Crippen LogP contribution in [0.2, 0.25) is 10.0 Å². The van der Waals surface area contributed by atoms with E-state index in [1.807, 2.05) is 0 Å². The molecule has 2 N–H and O–H groups in total. The molecule has 0 fully saturated rings. The average molecular weight is 586 g/mol. The maximum absolute atomic E-state index is 12.9. The van der Waals surface area contributed by atoms with Crippen molar-refractivity contribution >= 4 is 87.9 Å². The van der Waals surface area contributed by atoms with Gasteiger partial charge in [-0.25, -0.2) is 8.42 Å². The van der Waals surface area contributed by atoms with Gasteiger partial charge in [0.2, 0.25) is 10.0 Å². The number of hydrogen-bond donors (Lipinski definition) is 2. The van der Waals surface area contributed by atoms with Gasteiger partial charge in [-0.15, -0.1) is 11.3 Å². The van der Waals surface area contributed by atoms with E-state index in [1.165, 1.54) is 11.3 Å². The smallest absolute Gasteiger partial charge is 0.265 e. The molecule has 0 spiro atoms. The van der Waals surface area contributed by atoms with Gasteiger partial charge in [0.05, 0.1) is 16.8 Å². The van der Waals surface area contributed by atoms with Gasteiger partial charge in [-0.05, 0) is 75.9 Å². The molecule has 0 aliphatic rings. The first kappa shape index (κ1) is 23.8. The fourth-order valence-electron chi connectivity index (χ4n) is 2.98. The summed E-state index contributed by atoms with van der Waals surface area (Å²) in [6.07, 6.45) is 1.08. The monoisotopic (exact) mass is 584 g/mol. The number of ether oxygens (including phenoxy) is 1. The lowest BCUT2D eigenvalue weighted by Gasteiger charge is -2.10. The number of fused-ring (bicyclic) bond motifs is 1. The van der Waals surface area contributed by atoms with E-state index in [0.29, 0.717) is 42.3 Å². The molecule has 1 amide bonds. The highest BCUT2D eigenvalue weighted by atomic mass is 79.9. The van der Waals surface area contributed by atoms with E-state index >= 15 is 0 Å². The highest BCUT2D eigenvalue weighted by Crippen LogP contribution is 2.35. The zero-order valence-corrected chi connectivity index (χ0v) is 21.6. The van der Waals surface area contributed by atoms with Crippen molar-refractivity contribution in [3.63, 3.8) is 0 Å². The Bertz CT molecular complexity index is 1470. The molecule has 6 nitrogen and oxygen atoms in total. The lowest BCUT2D eigenvalue weighted by atomic mass is 10.2. The van der Waals surface area contributed by atoms with Crippen LogP contribution in [0.3, 0.4) is 0 Å². The van der Waals surface area contributed by atoms with Crippen LogP contribution in [-0.2, 0) is 10.0 Å². The molecule has 0 saturated carbocycles. The van der Waals surface area contributed by atoms with Gasteiger partial charge in [0, 0.05) is 31.0 Å². The van der Waals surface area contributed by atoms with Crippen LogP contribution in [0.4, 0.5) is 11.4 Å². The quantitative estimate of drug-likeness (QED) is 0.247. The van der Waals surface area contributed by atoms with E-state index in [4.69, 9.17) is 27.9 Å². The predicted molar refractivity (Wildman–Crippen MR) is 139 cm³/mol. The summed E-state index contributed by atoms with van der Waals surface area (Å²) in [5, 5.41) is 4.55. The van der Waals surface area contributed by atoms with Gasteiger partial charge < -0.3 is 10.1 Å². The van der Waals surface area contributed by atoms with Gasteiger partial charge in [0.25, 0.3) is 5.91 Å². The van der Waals surface area contributed by atoms with E-state index in [2.05, 4.69) is 26.0 Å². The van der Waals surface area contributed by atoms with Gasteiger partial charge in [-0.2, -0.15) is 0 Å². The number of nitrogens with one attached hydrogen (secondary N) is 2. The van der Waals surface area contributed by atoms with Gasteiger partial charge in [-0.1, -0.05) is 23.2 Å². The molecular formula is C22H15BrCl2N2O4S2. The summed E-state index contributed by atoms with van der Waals surface area (Å²) in [6.45, 7) is 0. The topological polar surface area (TPSA) is 84.5 Å². The van der Waals surface area contributed by atoms with E-state index < -0.39 is 10.0 Å². The Morgan fingerprint density at radius 2 is 1.70 bits per heavy atom. The zero-order valence-electron chi connectivity index (χ0n) is 16.9. The van der Waals surface area contributed by atoms with Crippen molar-refractivity contribution < 1.29 is 17.9 Å². The third kappa shape index (κ3) is 6.18. The molecule has 0 bridgehead atoms. The summed E-state index contributed by atoms with van der Waals surface area (Å²) in [6, 6.07) is 16.9. The second kappa shape index (κ2) is 9.52. The number of anilines is 2. The first-order valence-corrected chi connectivity index (χ1v) is 13.6. The van der Waals surface area contributed by atoms with Crippen molar-refractivity contribution in [1.29, 1.82) is 0 Å². The van der Waals surface area contributed by atoms with Crippen molar-refractivity contribution in [1.82, 2.24) is 0 Å². The second-order valence-corrected chi connectivity index (χ2v) is 11.6. The molecule has 0 atom stereocenters. The fraction of sp³-hybridized carbons (Fsp3) is 0.0455. The zero-order chi connectivity index (χ0) is 23.8. The largest absolute Gasteiger partial charge is 0.457 e. The first-order chi connectivity index (χ1) is 15.6. The minimum Gasteiger partial charge on any atom is -0.457 e. The molecule has 3 aromatic carbocycles. The SMILES string of the molecule is CS(=O)(=O)Nc1cc2cc(C(=O)Nc3cc(Cl)cc(Oc4ccc(Cl)cc4)c3)sc2cc1Br. The van der Waals surface area contributed by atoms with Crippen LogP contribution in [0.5, 0.6) is 11.5 Å². The molecule has 0 saturated heterocycles. The molecule has 11 heteroatoms. The molecule has 4 aromatic rings. The van der Waals surface area contributed by atoms with Crippen LogP contribution in [0.25, 0.3) is 10.1 Å². The highest BCUT2D eigenvalue weighted by Gasteiger charge is 2.15. The van der Waals surface area contributed by atoms with Gasteiger partial charge >= 0.3 is 0 Å². The van der Waals surface area contributed by atoms with Crippen LogP contribution in [0, 0.1) is 0 Å². The maximum Gasteiger partial charge on any atom is 0.265 e. The Balaban J connectivity index is 1.56. The lowest BCUT2D eigenvalue weighted by Crippen LogP contribution is -2.10. The molecule has 4 rings (SSSR count). The predicted octanol–water partition coefficient (Wildman–Crippen LogP) is 7.39. The second-order valence-electron chi connectivity index (χ2n) is 7.04. The van der Waals surface area contributed by atoms with Crippen LogP contribution < -0.4 is 14.8 Å². The number of amides is 1. The number of benzene rings is 3. The normalized spacial score (nSPS) is 11.4. The van der Waals surface area contributed by atoms with Crippen LogP contribution >= 0.6 is 50.5 Å². The van der Waals surface area contributed by atoms with Crippen LogP contribution in [0.15, 0.2) is 65.1 Å². The molecule has 0 radical (unpaired) electrons. The Morgan fingerprint density at radius 1 is 0.970 bits per heavy atom. The summed E-state index contributed by atoms with van der Waals surface area (Å²) < 4.78 is 32.8. The Labute approximate surface area is 212 Å². The fourth-order valence-corrected chi connectivity index (χ4v) is 5.60. The summed E-state index contributed by atoms with van der Waals surface area (Å²) in [7, 11) is -3.44. The Morgan fingerprint density at radius 3 is 2.39 bits per heavy atom. The molecule has 0 aliphatic carbocycles. The molecule has 33 heavy (non-hydrogen) atoms. The summed E-state index contributed by atoms with van der Waals surface area (Å²) in [5.74, 6) is 0.703. The number of rotatable bonds is 6. The number of carbonyl (C=O) groups excluding carboxylic acids is 1. The van der Waals surface area contributed by atoms with Crippen molar-refractivity contribution in [2.24, 2.45) is 0 Å². The molecule has 0 unspecified atom stereocenters. The summed E-state index contributed by atoms with van der Waals surface area (Å²) in [5.41, 5.74) is 0.864. The Kier molecular flexibility index (Phi) is 6.88. The molecule has 170 valence electrons. The summed E-state index contributed by atoms with van der Waals surface area (Å²) in [4.78, 5) is 13.3. The molecular weight excluding hydrogens is 571 g/mol. The molecule has 1 aromatic heterocycles. The van der Waals surface area contributed by atoms with E-state index in [0.717, 1.165) is 16.3 Å². The van der Waals surface area contributed by atoms with Crippen LogP contribution in [0.1, 0.15) is 9.67 Å². The van der Waals surface area contributed by atoms with E-state index in [9.17, 15) is 13.2 Å². The standard InChI is InChI=1S/C22H15BrCl2N2O4S2/c1-33(29,30)27-19-6-12-7-21(32-20(12)11-18(19)23)22(28)26-15-8-14(25)9-17(10-15)31-16-4-2-13(24)3-5-16/h2-11,27H,1H3,(H,26,28).